The number of nitrogens with zero attached hydrogens (tertiary/aromatic N) is 2. The van der Waals surface area contributed by atoms with E-state index in [1.165, 1.54) is 129 Å². The predicted octanol–water partition coefficient (Wildman–Crippen LogP) is 18.6. The van der Waals surface area contributed by atoms with Crippen molar-refractivity contribution < 1.29 is 0 Å². The molecule has 0 N–H and O–H groups in total. The average Bonchev–Trinajstić information content (AvgIpc) is 3.91. The minimum atomic E-state index is -0.176. The summed E-state index contributed by atoms with van der Waals surface area (Å²) in [6, 6.07) is 69.0. The van der Waals surface area contributed by atoms with Gasteiger partial charge in [-0.05, 0) is 140 Å². The van der Waals surface area contributed by atoms with Gasteiger partial charge in [0.15, 0.2) is 0 Å². The Kier molecular flexibility index (Phi) is 8.59. The van der Waals surface area contributed by atoms with Gasteiger partial charge in [0.05, 0.1) is 17.1 Å². The maximum Gasteiger partial charge on any atom is 0.0517 e. The first-order valence-corrected chi connectivity index (χ1v) is 24.6. The topological polar surface area (TPSA) is 6.48 Å². The van der Waals surface area contributed by atoms with Crippen molar-refractivity contribution in [2.24, 2.45) is 0 Å². The number of aryl methyl sites for hydroxylation is 2. The molecular weight excluding hydrogens is 825 g/mol. The molecule has 0 radical (unpaired) electrons. The van der Waals surface area contributed by atoms with E-state index < -0.39 is 0 Å². The summed E-state index contributed by atoms with van der Waals surface area (Å²) in [7, 11) is 0. The molecule has 0 atom stereocenters. The Morgan fingerprint density at radius 1 is 0.400 bits per heavy atom. The van der Waals surface area contributed by atoms with Crippen molar-refractivity contribution in [2.75, 3.05) is 9.80 Å². The first-order chi connectivity index (χ1) is 31.9. The van der Waals surface area contributed by atoms with Gasteiger partial charge in [0, 0.05) is 62.8 Å². The maximum absolute atomic E-state index is 2.54. The van der Waals surface area contributed by atoms with Crippen LogP contribution in [0.2, 0.25) is 0 Å². The summed E-state index contributed by atoms with van der Waals surface area (Å²) >= 11 is 3.79. The first kappa shape index (κ1) is 38.5. The lowest BCUT2D eigenvalue weighted by Crippen LogP contribution is -2.30. The second kappa shape index (κ2) is 14.5. The van der Waals surface area contributed by atoms with Crippen LogP contribution in [0.4, 0.5) is 34.1 Å². The molecule has 0 amide bonds. The Balaban J connectivity index is 1.03. The molecule has 12 aromatic rings. The Bertz CT molecular complexity index is 3900. The van der Waals surface area contributed by atoms with E-state index >= 15 is 0 Å². The number of fused-ring (bicyclic) bond motifs is 14. The number of benzene rings is 10. The van der Waals surface area contributed by atoms with Crippen LogP contribution in [-0.2, 0) is 18.3 Å². The SMILES string of the molecule is CCc1ccccc1N(c1ccc2c3ccc(N4c5ccccc5C(C)(C)c5cc6c(cc54)sc4ccccc46)cc3c3ccccc3c2c1)c1cc2sc3ccccc3c2cc1CC. The van der Waals surface area contributed by atoms with Crippen LogP contribution >= 0.6 is 22.7 Å². The molecule has 0 saturated carbocycles. The van der Waals surface area contributed by atoms with Crippen LogP contribution in [0.5, 0.6) is 0 Å². The zero-order valence-electron chi connectivity index (χ0n) is 36.9. The summed E-state index contributed by atoms with van der Waals surface area (Å²) in [6.07, 6.45) is 1.88. The van der Waals surface area contributed by atoms with Gasteiger partial charge >= 0.3 is 0 Å². The molecule has 2 nitrogen and oxygen atoms in total. The van der Waals surface area contributed by atoms with Crippen molar-refractivity contribution in [3.05, 3.63) is 204 Å². The van der Waals surface area contributed by atoms with E-state index in [9.17, 15) is 0 Å². The highest BCUT2D eigenvalue weighted by Gasteiger charge is 2.37. The van der Waals surface area contributed by atoms with Crippen LogP contribution < -0.4 is 9.80 Å². The fourth-order valence-electron chi connectivity index (χ4n) is 11.1. The van der Waals surface area contributed by atoms with Crippen LogP contribution in [0.15, 0.2) is 182 Å². The Morgan fingerprint density at radius 3 is 1.69 bits per heavy atom. The quantitative estimate of drug-likeness (QED) is 0.154. The number of hydrogen-bond donors (Lipinski definition) is 0. The summed E-state index contributed by atoms with van der Waals surface area (Å²) in [5.41, 5.74) is 12.5. The summed E-state index contributed by atoms with van der Waals surface area (Å²) < 4.78 is 5.31. The lowest BCUT2D eigenvalue weighted by atomic mass is 9.73. The summed E-state index contributed by atoms with van der Waals surface area (Å²) in [5.74, 6) is 0. The van der Waals surface area contributed by atoms with Gasteiger partial charge in [-0.25, -0.2) is 0 Å². The highest BCUT2D eigenvalue weighted by Crippen LogP contribution is 2.55. The van der Waals surface area contributed by atoms with E-state index in [4.69, 9.17) is 0 Å². The Morgan fingerprint density at radius 2 is 0.969 bits per heavy atom. The molecule has 0 unspecified atom stereocenters. The molecule has 0 spiro atoms. The third-order valence-corrected chi connectivity index (χ3v) is 16.6. The second-order valence-electron chi connectivity index (χ2n) is 18.2. The van der Waals surface area contributed by atoms with E-state index in [0.717, 1.165) is 12.8 Å². The van der Waals surface area contributed by atoms with Crippen LogP contribution in [0.1, 0.15) is 49.9 Å². The monoisotopic (exact) mass is 870 g/mol. The smallest absolute Gasteiger partial charge is 0.0517 e. The molecule has 0 fully saturated rings. The van der Waals surface area contributed by atoms with E-state index in [2.05, 4.69) is 219 Å². The molecule has 312 valence electrons. The van der Waals surface area contributed by atoms with Crippen LogP contribution in [0.25, 0.3) is 72.7 Å². The first-order valence-electron chi connectivity index (χ1n) is 23.0. The fraction of sp³-hybridized carbons (Fsp3) is 0.115. The highest BCUT2D eigenvalue weighted by molar-refractivity contribution is 7.26. The zero-order chi connectivity index (χ0) is 43.6. The highest BCUT2D eigenvalue weighted by atomic mass is 32.1. The molecule has 0 saturated heterocycles. The van der Waals surface area contributed by atoms with Crippen molar-refractivity contribution in [3.63, 3.8) is 0 Å². The molecule has 2 aromatic heterocycles. The lowest BCUT2D eigenvalue weighted by Gasteiger charge is -2.42. The maximum atomic E-state index is 2.54. The summed E-state index contributed by atoms with van der Waals surface area (Å²) in [4.78, 5) is 5.08. The van der Waals surface area contributed by atoms with Gasteiger partial charge < -0.3 is 9.80 Å². The molecule has 65 heavy (non-hydrogen) atoms. The van der Waals surface area contributed by atoms with E-state index in [-0.39, 0.29) is 5.41 Å². The van der Waals surface area contributed by atoms with E-state index in [1.807, 2.05) is 22.7 Å². The van der Waals surface area contributed by atoms with Gasteiger partial charge in [-0.2, -0.15) is 0 Å². The van der Waals surface area contributed by atoms with Gasteiger partial charge in [0.25, 0.3) is 0 Å². The van der Waals surface area contributed by atoms with E-state index in [1.54, 1.807) is 0 Å². The van der Waals surface area contributed by atoms with Gasteiger partial charge in [-0.1, -0.05) is 137 Å². The fourth-order valence-corrected chi connectivity index (χ4v) is 13.4. The standard InChI is InChI=1S/C61H46N2S2/c1-5-37-17-7-13-23-53(37)62(55-35-59-49(31-38(55)6-2)45-20-10-15-25-57(45)64-59)39-27-29-43-44-30-28-40(33-48(44)42-19-9-8-18-41(42)47(43)32-39)63-54-24-14-12-22-51(54)61(3,4)52-34-50-46-21-11-16-26-58(46)65-60(50)36-56(52)63/h7-36H,5-6H2,1-4H3. The van der Waals surface area contributed by atoms with Crippen molar-refractivity contribution in [3.8, 4) is 0 Å². The van der Waals surface area contributed by atoms with Gasteiger partial charge in [-0.15, -0.1) is 22.7 Å². The minimum Gasteiger partial charge on any atom is -0.310 e. The van der Waals surface area contributed by atoms with Crippen LogP contribution in [-0.4, -0.2) is 0 Å². The molecule has 0 bridgehead atoms. The van der Waals surface area contributed by atoms with Gasteiger partial charge in [0.2, 0.25) is 0 Å². The molecule has 4 heteroatoms. The average molecular weight is 871 g/mol. The normalized spacial score (nSPS) is 13.4. The molecule has 13 rings (SSSR count). The Hall–Kier alpha value is -6.98. The number of rotatable bonds is 6. The minimum absolute atomic E-state index is 0.176. The number of hydrogen-bond acceptors (Lipinski definition) is 4. The summed E-state index contributed by atoms with van der Waals surface area (Å²) in [5, 5.41) is 13.0. The zero-order valence-corrected chi connectivity index (χ0v) is 38.6. The van der Waals surface area contributed by atoms with E-state index in [0.29, 0.717) is 0 Å². The van der Waals surface area contributed by atoms with Crippen molar-refractivity contribution in [1.82, 2.24) is 0 Å². The molecular formula is C61H46N2S2. The van der Waals surface area contributed by atoms with Gasteiger partial charge in [-0.3, -0.25) is 0 Å². The predicted molar refractivity (Wildman–Crippen MR) is 285 cm³/mol. The van der Waals surface area contributed by atoms with Crippen molar-refractivity contribution in [2.45, 2.75) is 46.0 Å². The Labute approximate surface area is 387 Å². The van der Waals surface area contributed by atoms with Crippen LogP contribution in [0.3, 0.4) is 0 Å². The second-order valence-corrected chi connectivity index (χ2v) is 20.4. The lowest BCUT2D eigenvalue weighted by molar-refractivity contribution is 0.633. The molecule has 10 aromatic carbocycles. The molecule has 1 aliphatic rings. The number of para-hydroxylation sites is 2. The van der Waals surface area contributed by atoms with Crippen molar-refractivity contribution in [1.29, 1.82) is 0 Å². The van der Waals surface area contributed by atoms with Crippen LogP contribution in [0, 0.1) is 0 Å². The number of anilines is 6. The largest absolute Gasteiger partial charge is 0.310 e. The molecule has 1 aliphatic heterocycles. The third-order valence-electron chi connectivity index (χ3n) is 14.4. The third kappa shape index (κ3) is 5.70. The van der Waals surface area contributed by atoms with Gasteiger partial charge in [0.1, 0.15) is 0 Å². The molecule has 0 aliphatic carbocycles. The summed E-state index contributed by atoms with van der Waals surface area (Å²) in [6.45, 7) is 9.35. The molecule has 3 heterocycles. The van der Waals surface area contributed by atoms with Crippen molar-refractivity contribution >= 4 is 129 Å². The number of thiophene rings is 2.